The lowest BCUT2D eigenvalue weighted by Gasteiger charge is -2.48. The first kappa shape index (κ1) is 10.4. The molecule has 1 saturated heterocycles. The molecule has 2 unspecified atom stereocenters. The van der Waals surface area contributed by atoms with Crippen LogP contribution in [-0.2, 0) is 4.74 Å². The highest BCUT2D eigenvalue weighted by Crippen LogP contribution is 2.47. The molecule has 1 saturated carbocycles. The van der Waals surface area contributed by atoms with Crippen LogP contribution in [0.15, 0.2) is 0 Å². The van der Waals surface area contributed by atoms with Crippen LogP contribution in [0, 0.1) is 11.3 Å². The molecule has 82 valence electrons. The zero-order valence-electron chi connectivity index (χ0n) is 9.30. The molecule has 2 rings (SSSR count). The fourth-order valence-electron chi connectivity index (χ4n) is 3.49. The summed E-state index contributed by atoms with van der Waals surface area (Å²) in [6.45, 7) is 4.07. The molecule has 2 heteroatoms. The van der Waals surface area contributed by atoms with Gasteiger partial charge in [0.2, 0.25) is 0 Å². The Balaban J connectivity index is 2.10. The molecule has 2 atom stereocenters. The van der Waals surface area contributed by atoms with Crippen LogP contribution in [0.25, 0.3) is 0 Å². The minimum absolute atomic E-state index is 0.344. The van der Waals surface area contributed by atoms with E-state index in [1.54, 1.807) is 0 Å². The molecule has 1 heterocycles. The third-order valence-corrected chi connectivity index (χ3v) is 4.23. The van der Waals surface area contributed by atoms with Crippen LogP contribution in [0.4, 0.5) is 0 Å². The molecule has 14 heavy (non-hydrogen) atoms. The summed E-state index contributed by atoms with van der Waals surface area (Å²) < 4.78 is 5.69. The lowest BCUT2D eigenvalue weighted by Crippen LogP contribution is -2.48. The van der Waals surface area contributed by atoms with E-state index in [-0.39, 0.29) is 0 Å². The topological polar surface area (TPSA) is 35.2 Å². The van der Waals surface area contributed by atoms with Gasteiger partial charge in [-0.15, -0.1) is 0 Å². The maximum absolute atomic E-state index is 6.12. The fraction of sp³-hybridized carbons (Fsp3) is 1.00. The minimum atomic E-state index is 0.344. The normalized spacial score (nSPS) is 34.3. The van der Waals surface area contributed by atoms with Crippen molar-refractivity contribution in [1.82, 2.24) is 0 Å². The van der Waals surface area contributed by atoms with E-state index in [1.165, 1.54) is 38.5 Å². The number of ether oxygens (including phenoxy) is 1. The highest BCUT2D eigenvalue weighted by atomic mass is 16.5. The summed E-state index contributed by atoms with van der Waals surface area (Å²) >= 11 is 0. The van der Waals surface area contributed by atoms with Gasteiger partial charge in [-0.2, -0.15) is 0 Å². The monoisotopic (exact) mass is 197 g/mol. The average Bonchev–Trinajstić information content (AvgIpc) is 2.19. The number of rotatable bonds is 1. The Morgan fingerprint density at radius 2 is 2.00 bits per heavy atom. The maximum Gasteiger partial charge on any atom is 0.0525 e. The standard InChI is InChI=1S/C12H23NO/c1-10(13)11-5-8-14-9-12(11)6-3-2-4-7-12/h10-11H,2-9,13H2,1H3. The predicted octanol–water partition coefficient (Wildman–Crippen LogP) is 2.32. The third kappa shape index (κ3) is 1.82. The summed E-state index contributed by atoms with van der Waals surface area (Å²) in [7, 11) is 0. The van der Waals surface area contributed by atoms with Gasteiger partial charge in [-0.3, -0.25) is 0 Å². The Kier molecular flexibility index (Phi) is 3.13. The van der Waals surface area contributed by atoms with E-state index >= 15 is 0 Å². The largest absolute Gasteiger partial charge is 0.381 e. The summed E-state index contributed by atoms with van der Waals surface area (Å²) in [5.41, 5.74) is 6.57. The molecular weight excluding hydrogens is 174 g/mol. The lowest BCUT2D eigenvalue weighted by atomic mass is 9.62. The van der Waals surface area contributed by atoms with Crippen molar-refractivity contribution in [3.05, 3.63) is 0 Å². The Hall–Kier alpha value is -0.0800. The third-order valence-electron chi connectivity index (χ3n) is 4.23. The fourth-order valence-corrected chi connectivity index (χ4v) is 3.49. The molecule has 0 radical (unpaired) electrons. The van der Waals surface area contributed by atoms with E-state index in [9.17, 15) is 0 Å². The van der Waals surface area contributed by atoms with Gasteiger partial charge in [0.05, 0.1) is 6.61 Å². The smallest absolute Gasteiger partial charge is 0.0525 e. The molecular formula is C12H23NO. The van der Waals surface area contributed by atoms with Gasteiger partial charge in [-0.1, -0.05) is 19.3 Å². The molecule has 2 nitrogen and oxygen atoms in total. The Morgan fingerprint density at radius 3 is 2.64 bits per heavy atom. The summed E-state index contributed by atoms with van der Waals surface area (Å²) in [5.74, 6) is 0.705. The van der Waals surface area contributed by atoms with E-state index in [1.807, 2.05) is 0 Å². The zero-order chi connectivity index (χ0) is 10.0. The van der Waals surface area contributed by atoms with Crippen molar-refractivity contribution in [1.29, 1.82) is 0 Å². The first-order valence-electron chi connectivity index (χ1n) is 6.08. The molecule has 0 bridgehead atoms. The Morgan fingerprint density at radius 1 is 1.29 bits per heavy atom. The van der Waals surface area contributed by atoms with Crippen molar-refractivity contribution in [2.45, 2.75) is 51.5 Å². The summed E-state index contributed by atoms with van der Waals surface area (Å²) in [5, 5.41) is 0. The second-order valence-corrected chi connectivity index (χ2v) is 5.23. The van der Waals surface area contributed by atoms with Crippen molar-refractivity contribution >= 4 is 0 Å². The SMILES string of the molecule is CC(N)C1CCOCC12CCCCC2. The van der Waals surface area contributed by atoms with Gasteiger partial charge >= 0.3 is 0 Å². The van der Waals surface area contributed by atoms with Gasteiger partial charge in [-0.25, -0.2) is 0 Å². The molecule has 1 aliphatic carbocycles. The average molecular weight is 197 g/mol. The van der Waals surface area contributed by atoms with Crippen LogP contribution < -0.4 is 5.73 Å². The van der Waals surface area contributed by atoms with Crippen molar-refractivity contribution in [2.75, 3.05) is 13.2 Å². The maximum atomic E-state index is 6.12. The van der Waals surface area contributed by atoms with Crippen LogP contribution in [-0.4, -0.2) is 19.3 Å². The molecule has 0 aromatic rings. The van der Waals surface area contributed by atoms with Crippen LogP contribution in [0.5, 0.6) is 0 Å². The first-order chi connectivity index (χ1) is 6.75. The van der Waals surface area contributed by atoms with Gasteiger partial charge in [0, 0.05) is 12.6 Å². The van der Waals surface area contributed by atoms with Gasteiger partial charge in [0.15, 0.2) is 0 Å². The molecule has 0 amide bonds. The van der Waals surface area contributed by atoms with Crippen molar-refractivity contribution in [3.8, 4) is 0 Å². The van der Waals surface area contributed by atoms with E-state index in [0.29, 0.717) is 17.4 Å². The second-order valence-electron chi connectivity index (χ2n) is 5.23. The minimum Gasteiger partial charge on any atom is -0.381 e. The van der Waals surface area contributed by atoms with Crippen LogP contribution in [0.2, 0.25) is 0 Å². The molecule has 2 N–H and O–H groups in total. The van der Waals surface area contributed by atoms with E-state index in [2.05, 4.69) is 6.92 Å². The van der Waals surface area contributed by atoms with E-state index in [0.717, 1.165) is 13.2 Å². The summed E-state index contributed by atoms with van der Waals surface area (Å²) in [4.78, 5) is 0. The first-order valence-corrected chi connectivity index (χ1v) is 6.08. The second kappa shape index (κ2) is 4.19. The van der Waals surface area contributed by atoms with E-state index in [4.69, 9.17) is 10.5 Å². The molecule has 2 fully saturated rings. The van der Waals surface area contributed by atoms with Crippen molar-refractivity contribution in [3.63, 3.8) is 0 Å². The molecule has 2 aliphatic rings. The van der Waals surface area contributed by atoms with Gasteiger partial charge in [-0.05, 0) is 37.5 Å². The van der Waals surface area contributed by atoms with Crippen LogP contribution in [0.3, 0.4) is 0 Å². The number of nitrogens with two attached hydrogens (primary N) is 1. The Labute approximate surface area is 87.2 Å². The highest BCUT2D eigenvalue weighted by molar-refractivity contribution is 4.94. The van der Waals surface area contributed by atoms with Gasteiger partial charge in [0.25, 0.3) is 0 Å². The zero-order valence-corrected chi connectivity index (χ0v) is 9.30. The molecule has 1 spiro atoms. The Bertz CT molecular complexity index is 176. The number of hydrogen-bond donors (Lipinski definition) is 1. The molecule has 0 aromatic carbocycles. The summed E-state index contributed by atoms with van der Waals surface area (Å²) in [6, 6.07) is 0.344. The molecule has 1 aliphatic heterocycles. The van der Waals surface area contributed by atoms with Crippen LogP contribution in [0.1, 0.15) is 45.4 Å². The summed E-state index contributed by atoms with van der Waals surface area (Å²) in [6.07, 6.45) is 8.04. The number of hydrogen-bond acceptors (Lipinski definition) is 2. The van der Waals surface area contributed by atoms with Gasteiger partial charge < -0.3 is 10.5 Å². The van der Waals surface area contributed by atoms with Gasteiger partial charge in [0.1, 0.15) is 0 Å². The van der Waals surface area contributed by atoms with Crippen molar-refractivity contribution in [2.24, 2.45) is 17.1 Å². The molecule has 0 aromatic heterocycles. The highest BCUT2D eigenvalue weighted by Gasteiger charge is 2.43. The predicted molar refractivity (Wildman–Crippen MR) is 58.1 cm³/mol. The van der Waals surface area contributed by atoms with Crippen LogP contribution >= 0.6 is 0 Å². The van der Waals surface area contributed by atoms with Crippen molar-refractivity contribution < 1.29 is 4.74 Å². The lowest BCUT2D eigenvalue weighted by molar-refractivity contribution is -0.0783. The van der Waals surface area contributed by atoms with E-state index < -0.39 is 0 Å². The quantitative estimate of drug-likeness (QED) is 0.700.